The van der Waals surface area contributed by atoms with Crippen molar-refractivity contribution in [2.45, 2.75) is 17.4 Å². The minimum atomic E-state index is -0.469. The molecule has 3 rings (SSSR count). The SMILES string of the molecule is COc1cc(OC)cc(-c2nnc(S[C@@H](C)C(=O)c3ccc(F)cc3)o2)c1. The first-order chi connectivity index (χ1) is 13.0. The normalized spacial score (nSPS) is 11.9. The van der Waals surface area contributed by atoms with Crippen LogP contribution in [0.2, 0.25) is 0 Å². The van der Waals surface area contributed by atoms with Crippen LogP contribution in [0.3, 0.4) is 0 Å². The summed E-state index contributed by atoms with van der Waals surface area (Å²) < 4.78 is 29.1. The molecule has 0 aliphatic carbocycles. The number of methoxy groups -OCH3 is 2. The summed E-state index contributed by atoms with van der Waals surface area (Å²) in [5.41, 5.74) is 1.07. The van der Waals surface area contributed by atoms with E-state index >= 15 is 0 Å². The maximum absolute atomic E-state index is 13.0. The van der Waals surface area contributed by atoms with Crippen LogP contribution in [0.15, 0.2) is 52.1 Å². The van der Waals surface area contributed by atoms with Gasteiger partial charge in [0.2, 0.25) is 5.89 Å². The van der Waals surface area contributed by atoms with Crippen LogP contribution in [0.25, 0.3) is 11.5 Å². The number of Topliss-reactive ketones (excluding diaryl/α,β-unsaturated/α-hetero) is 1. The Kier molecular flexibility index (Phi) is 5.75. The van der Waals surface area contributed by atoms with Gasteiger partial charge in [-0.2, -0.15) is 0 Å². The average molecular weight is 388 g/mol. The molecule has 0 radical (unpaired) electrons. The number of ketones is 1. The molecule has 0 bridgehead atoms. The van der Waals surface area contributed by atoms with Gasteiger partial charge in [0.25, 0.3) is 5.22 Å². The Morgan fingerprint density at radius 3 is 2.30 bits per heavy atom. The Labute approximate surface area is 159 Å². The average Bonchev–Trinajstić information content (AvgIpc) is 3.16. The van der Waals surface area contributed by atoms with Crippen LogP contribution in [0.1, 0.15) is 17.3 Å². The van der Waals surface area contributed by atoms with Crippen LogP contribution < -0.4 is 9.47 Å². The molecule has 0 fully saturated rings. The van der Waals surface area contributed by atoms with Crippen molar-refractivity contribution < 1.29 is 23.1 Å². The van der Waals surface area contributed by atoms with E-state index in [0.29, 0.717) is 22.6 Å². The van der Waals surface area contributed by atoms with E-state index in [1.54, 1.807) is 39.3 Å². The first kappa shape index (κ1) is 18.9. The van der Waals surface area contributed by atoms with Crippen molar-refractivity contribution in [1.82, 2.24) is 10.2 Å². The first-order valence-corrected chi connectivity index (χ1v) is 8.91. The zero-order valence-electron chi connectivity index (χ0n) is 14.9. The second-order valence-corrected chi connectivity index (χ2v) is 6.90. The Bertz CT molecular complexity index is 921. The summed E-state index contributed by atoms with van der Waals surface area (Å²) >= 11 is 1.14. The van der Waals surface area contributed by atoms with Crippen LogP contribution in [0, 0.1) is 5.82 Å². The predicted octanol–water partition coefficient (Wildman–Crippen LogP) is 4.26. The fourth-order valence-corrected chi connectivity index (χ4v) is 3.12. The summed E-state index contributed by atoms with van der Waals surface area (Å²) in [7, 11) is 3.10. The number of carbonyl (C=O) groups excluding carboxylic acids is 1. The van der Waals surface area contributed by atoms with E-state index in [4.69, 9.17) is 13.9 Å². The minimum absolute atomic E-state index is 0.150. The molecule has 140 valence electrons. The molecule has 0 saturated heterocycles. The summed E-state index contributed by atoms with van der Waals surface area (Å²) in [4.78, 5) is 12.4. The molecule has 1 aromatic heterocycles. The fourth-order valence-electron chi connectivity index (χ4n) is 2.36. The molecule has 3 aromatic rings. The number of benzene rings is 2. The zero-order chi connectivity index (χ0) is 19.4. The van der Waals surface area contributed by atoms with E-state index < -0.39 is 5.25 Å². The third-order valence-corrected chi connectivity index (χ3v) is 4.71. The summed E-state index contributed by atoms with van der Waals surface area (Å²) in [5, 5.41) is 7.80. The molecular weight excluding hydrogens is 371 g/mol. The summed E-state index contributed by atoms with van der Waals surface area (Å²) in [6, 6.07) is 10.7. The van der Waals surface area contributed by atoms with E-state index in [1.807, 2.05) is 0 Å². The summed E-state index contributed by atoms with van der Waals surface area (Å²) in [6.45, 7) is 1.73. The lowest BCUT2D eigenvalue weighted by molar-refractivity contribution is 0.0993. The van der Waals surface area contributed by atoms with Crippen molar-refractivity contribution in [3.8, 4) is 23.0 Å². The van der Waals surface area contributed by atoms with Gasteiger partial charge in [-0.05, 0) is 43.3 Å². The van der Waals surface area contributed by atoms with Gasteiger partial charge in [0.05, 0.1) is 19.5 Å². The molecular formula is C19H17FN2O4S. The monoisotopic (exact) mass is 388 g/mol. The molecule has 1 atom stereocenters. The lowest BCUT2D eigenvalue weighted by Crippen LogP contribution is -2.13. The maximum atomic E-state index is 13.0. The van der Waals surface area contributed by atoms with E-state index in [0.717, 1.165) is 11.8 Å². The third-order valence-electron chi connectivity index (χ3n) is 3.78. The second-order valence-electron chi connectivity index (χ2n) is 5.61. The van der Waals surface area contributed by atoms with Crippen molar-refractivity contribution in [3.63, 3.8) is 0 Å². The van der Waals surface area contributed by atoms with Gasteiger partial charge in [0.15, 0.2) is 5.78 Å². The van der Waals surface area contributed by atoms with Crippen molar-refractivity contribution >= 4 is 17.5 Å². The quantitative estimate of drug-likeness (QED) is 0.442. The molecule has 0 N–H and O–H groups in total. The van der Waals surface area contributed by atoms with Gasteiger partial charge in [-0.25, -0.2) is 4.39 Å². The van der Waals surface area contributed by atoms with Gasteiger partial charge < -0.3 is 13.9 Å². The number of hydrogen-bond donors (Lipinski definition) is 0. The number of thioether (sulfide) groups is 1. The highest BCUT2D eigenvalue weighted by atomic mass is 32.2. The number of hydrogen-bond acceptors (Lipinski definition) is 7. The molecule has 0 saturated carbocycles. The third kappa shape index (κ3) is 4.46. The number of rotatable bonds is 7. The number of carbonyl (C=O) groups is 1. The Morgan fingerprint density at radius 2 is 1.70 bits per heavy atom. The van der Waals surface area contributed by atoms with Crippen LogP contribution in [-0.2, 0) is 0 Å². The smallest absolute Gasteiger partial charge is 0.277 e. The van der Waals surface area contributed by atoms with E-state index in [2.05, 4.69) is 10.2 Å². The van der Waals surface area contributed by atoms with Gasteiger partial charge in [0, 0.05) is 17.2 Å². The maximum Gasteiger partial charge on any atom is 0.277 e. The molecule has 0 unspecified atom stereocenters. The topological polar surface area (TPSA) is 74.5 Å². The van der Waals surface area contributed by atoms with Crippen LogP contribution in [0.4, 0.5) is 4.39 Å². The molecule has 6 nitrogen and oxygen atoms in total. The molecule has 0 spiro atoms. The molecule has 0 aliphatic rings. The van der Waals surface area contributed by atoms with Crippen molar-refractivity contribution in [1.29, 1.82) is 0 Å². The van der Waals surface area contributed by atoms with Gasteiger partial charge in [-0.1, -0.05) is 11.8 Å². The second kappa shape index (κ2) is 8.22. The Balaban J connectivity index is 1.76. The van der Waals surface area contributed by atoms with Crippen molar-refractivity contribution in [2.24, 2.45) is 0 Å². The summed E-state index contributed by atoms with van der Waals surface area (Å²) in [5.74, 6) is 0.939. The largest absolute Gasteiger partial charge is 0.497 e. The van der Waals surface area contributed by atoms with Crippen LogP contribution in [-0.4, -0.2) is 35.5 Å². The lowest BCUT2D eigenvalue weighted by Gasteiger charge is -2.07. The lowest BCUT2D eigenvalue weighted by atomic mass is 10.1. The number of aromatic nitrogens is 2. The van der Waals surface area contributed by atoms with Crippen LogP contribution in [0.5, 0.6) is 11.5 Å². The van der Waals surface area contributed by atoms with Crippen molar-refractivity contribution in [3.05, 3.63) is 53.8 Å². The number of halogens is 1. The molecule has 27 heavy (non-hydrogen) atoms. The van der Waals surface area contributed by atoms with E-state index in [1.165, 1.54) is 24.3 Å². The number of nitrogens with zero attached hydrogens (tertiary/aromatic N) is 2. The number of ether oxygens (including phenoxy) is 2. The predicted molar refractivity (Wildman–Crippen MR) is 98.9 cm³/mol. The molecule has 0 amide bonds. The highest BCUT2D eigenvalue weighted by Crippen LogP contribution is 2.32. The standard InChI is InChI=1S/C19H17FN2O4S/c1-11(17(23)12-4-6-14(20)7-5-12)27-19-22-21-18(26-19)13-8-15(24-2)10-16(9-13)25-3/h4-11H,1-3H3/t11-/m0/s1. The molecule has 0 aliphatic heterocycles. The van der Waals surface area contributed by atoms with Gasteiger partial charge in [-0.3, -0.25) is 4.79 Å². The molecule has 2 aromatic carbocycles. The Hall–Kier alpha value is -2.87. The van der Waals surface area contributed by atoms with Gasteiger partial charge in [-0.15, -0.1) is 10.2 Å². The van der Waals surface area contributed by atoms with E-state index in [-0.39, 0.29) is 22.7 Å². The zero-order valence-corrected chi connectivity index (χ0v) is 15.7. The molecule has 8 heteroatoms. The fraction of sp³-hybridized carbons (Fsp3) is 0.211. The highest BCUT2D eigenvalue weighted by Gasteiger charge is 2.20. The van der Waals surface area contributed by atoms with Gasteiger partial charge >= 0.3 is 0 Å². The van der Waals surface area contributed by atoms with E-state index in [9.17, 15) is 9.18 Å². The van der Waals surface area contributed by atoms with Crippen LogP contribution >= 0.6 is 11.8 Å². The Morgan fingerprint density at radius 1 is 1.07 bits per heavy atom. The highest BCUT2D eigenvalue weighted by molar-refractivity contribution is 8.00. The minimum Gasteiger partial charge on any atom is -0.497 e. The molecule has 1 heterocycles. The van der Waals surface area contributed by atoms with Gasteiger partial charge in [0.1, 0.15) is 17.3 Å². The van der Waals surface area contributed by atoms with Crippen molar-refractivity contribution in [2.75, 3.05) is 14.2 Å². The first-order valence-electron chi connectivity index (χ1n) is 8.03. The summed E-state index contributed by atoms with van der Waals surface area (Å²) in [6.07, 6.45) is 0.